The third-order valence-electron chi connectivity index (χ3n) is 6.11. The van der Waals surface area contributed by atoms with Crippen LogP contribution >= 0.6 is 10.6 Å². The minimum atomic E-state index is -5.06. The quantitative estimate of drug-likeness (QED) is 0.342. The van der Waals surface area contributed by atoms with E-state index in [1.807, 2.05) is 0 Å². The third kappa shape index (κ3) is 4.77. The summed E-state index contributed by atoms with van der Waals surface area (Å²) in [6.07, 6.45) is -3.85. The van der Waals surface area contributed by atoms with Gasteiger partial charge in [0.2, 0.25) is 5.60 Å². The van der Waals surface area contributed by atoms with Gasteiger partial charge in [-0.05, 0) is 11.6 Å². The van der Waals surface area contributed by atoms with Crippen molar-refractivity contribution in [1.82, 2.24) is 9.47 Å². The Labute approximate surface area is 194 Å². The lowest BCUT2D eigenvalue weighted by Gasteiger charge is -2.43. The second-order valence-electron chi connectivity index (χ2n) is 8.46. The molecule has 0 saturated carbocycles. The first-order valence-electron chi connectivity index (χ1n) is 10.5. The summed E-state index contributed by atoms with van der Waals surface area (Å²) in [4.78, 5) is 12.0. The number of halogens is 3. The van der Waals surface area contributed by atoms with Crippen LogP contribution < -0.4 is 0 Å². The van der Waals surface area contributed by atoms with Crippen LogP contribution in [-0.4, -0.2) is 65.9 Å². The normalized spacial score (nSPS) is 19.6. The molecule has 12 heteroatoms. The zero-order valence-corrected chi connectivity index (χ0v) is 18.8. The predicted octanol–water partition coefficient (Wildman–Crippen LogP) is 4.41. The molecule has 34 heavy (non-hydrogen) atoms. The highest BCUT2D eigenvalue weighted by atomic mass is 32.3. The smallest absolute Gasteiger partial charge is 0.375 e. The fraction of sp³-hybridized carbons (Fsp3) is 0.364. The Balaban J connectivity index is 1.81. The number of non-ortho nitro benzene ring substituents is 1. The lowest BCUT2D eigenvalue weighted by Crippen LogP contribution is -2.53. The van der Waals surface area contributed by atoms with Crippen LogP contribution in [0.15, 0.2) is 54.7 Å². The number of rotatable bonds is 6. The Morgan fingerprint density at radius 2 is 1.71 bits per heavy atom. The molecular weight excluding hydrogens is 475 g/mol. The van der Waals surface area contributed by atoms with Crippen LogP contribution in [0.3, 0.4) is 0 Å². The fourth-order valence-corrected chi connectivity index (χ4v) is 5.51. The van der Waals surface area contributed by atoms with Crippen molar-refractivity contribution in [2.45, 2.75) is 18.3 Å². The Morgan fingerprint density at radius 3 is 2.29 bits per heavy atom. The van der Waals surface area contributed by atoms with Crippen LogP contribution in [0, 0.1) is 10.1 Å². The number of aromatic nitrogens is 1. The first kappa shape index (κ1) is 24.5. The SMILES string of the molecule is O=[N+]([O-])c1ccc2c(C(O)(CN3CCS(O)(O)CC3)C(F)(F)F)cn(Cc3ccccc3)c2c1. The highest BCUT2D eigenvalue weighted by Crippen LogP contribution is 2.46. The van der Waals surface area contributed by atoms with Gasteiger partial charge >= 0.3 is 6.18 Å². The van der Waals surface area contributed by atoms with E-state index >= 15 is 0 Å². The molecule has 1 aliphatic heterocycles. The number of β-amino-alcohol motifs (C(OH)–C–C–N with tert-alkyl or cyclic N) is 1. The minimum absolute atomic E-state index is 0.00511. The number of hydrogen-bond donors (Lipinski definition) is 3. The maximum atomic E-state index is 14.4. The molecule has 0 spiro atoms. The van der Waals surface area contributed by atoms with Gasteiger partial charge in [0, 0.05) is 55.5 Å². The summed E-state index contributed by atoms with van der Waals surface area (Å²) in [5.74, 6) is -0.133. The second kappa shape index (κ2) is 8.86. The van der Waals surface area contributed by atoms with Crippen molar-refractivity contribution in [3.8, 4) is 0 Å². The van der Waals surface area contributed by atoms with Gasteiger partial charge < -0.3 is 9.67 Å². The molecule has 4 rings (SSSR count). The summed E-state index contributed by atoms with van der Waals surface area (Å²) in [5.41, 5.74) is -2.98. The molecule has 0 radical (unpaired) electrons. The number of fused-ring (bicyclic) bond motifs is 1. The maximum Gasteiger partial charge on any atom is 0.422 e. The van der Waals surface area contributed by atoms with Crippen LogP contribution in [0.1, 0.15) is 11.1 Å². The Bertz CT molecular complexity index is 1190. The number of nitrogens with zero attached hydrogens (tertiary/aromatic N) is 3. The topological polar surface area (TPSA) is 112 Å². The van der Waals surface area contributed by atoms with Crippen LogP contribution in [0.4, 0.5) is 18.9 Å². The van der Waals surface area contributed by atoms with E-state index in [2.05, 4.69) is 0 Å². The van der Waals surface area contributed by atoms with E-state index in [0.29, 0.717) is 0 Å². The van der Waals surface area contributed by atoms with Crippen molar-refractivity contribution in [1.29, 1.82) is 0 Å². The molecule has 0 amide bonds. The first-order valence-corrected chi connectivity index (χ1v) is 12.3. The van der Waals surface area contributed by atoms with Gasteiger partial charge in [-0.2, -0.15) is 23.8 Å². The monoisotopic (exact) mass is 499 g/mol. The van der Waals surface area contributed by atoms with E-state index in [0.717, 1.165) is 11.6 Å². The standard InChI is InChI=1S/C22H24F3N3O5S/c23-22(24,25)21(29,15-26-8-10-34(32,33)11-9-26)19-14-27(13-16-4-2-1-3-5-16)20-12-17(28(30)31)6-7-18(19)20/h1-7,12,14,29,32-33H,8-11,13,15H2. The molecule has 3 aromatic rings. The van der Waals surface area contributed by atoms with Crippen molar-refractivity contribution < 1.29 is 32.3 Å². The average Bonchev–Trinajstić information content (AvgIpc) is 3.13. The van der Waals surface area contributed by atoms with Crippen molar-refractivity contribution >= 4 is 27.2 Å². The van der Waals surface area contributed by atoms with E-state index in [1.165, 1.54) is 27.8 Å². The summed E-state index contributed by atoms with van der Waals surface area (Å²) in [5, 5.41) is 22.5. The largest absolute Gasteiger partial charge is 0.422 e. The van der Waals surface area contributed by atoms with Gasteiger partial charge in [-0.15, -0.1) is 0 Å². The van der Waals surface area contributed by atoms with Gasteiger partial charge in [0.05, 0.1) is 21.9 Å². The lowest BCUT2D eigenvalue weighted by atomic mass is 9.91. The van der Waals surface area contributed by atoms with Crippen LogP contribution in [0.25, 0.3) is 10.9 Å². The van der Waals surface area contributed by atoms with Crippen molar-refractivity contribution in [2.24, 2.45) is 0 Å². The molecule has 1 unspecified atom stereocenters. The third-order valence-corrected chi connectivity index (χ3v) is 7.78. The second-order valence-corrected chi connectivity index (χ2v) is 10.9. The molecule has 0 bridgehead atoms. The molecule has 184 valence electrons. The molecular formula is C22H24F3N3O5S. The number of nitro groups is 1. The number of aliphatic hydroxyl groups is 1. The maximum absolute atomic E-state index is 14.4. The zero-order chi connectivity index (χ0) is 24.7. The molecule has 1 aliphatic rings. The molecule has 2 heterocycles. The van der Waals surface area contributed by atoms with Crippen molar-refractivity contribution in [3.63, 3.8) is 0 Å². The molecule has 1 saturated heterocycles. The molecule has 2 aromatic carbocycles. The van der Waals surface area contributed by atoms with Crippen LogP contribution in [-0.2, 0) is 12.1 Å². The summed E-state index contributed by atoms with van der Waals surface area (Å²) in [6.45, 7) is -0.659. The molecule has 3 N–H and O–H groups in total. The van der Waals surface area contributed by atoms with Gasteiger partial charge in [-0.3, -0.25) is 24.1 Å². The summed E-state index contributed by atoms with van der Waals surface area (Å²) in [6, 6.07) is 12.5. The summed E-state index contributed by atoms with van der Waals surface area (Å²) < 4.78 is 64.2. The number of nitro benzene ring substituents is 1. The Kier molecular flexibility index (Phi) is 6.38. The number of alkyl halides is 3. The van der Waals surface area contributed by atoms with Crippen molar-refractivity contribution in [2.75, 3.05) is 31.1 Å². The van der Waals surface area contributed by atoms with E-state index < -0.39 is 39.4 Å². The van der Waals surface area contributed by atoms with E-state index in [1.54, 1.807) is 30.3 Å². The van der Waals surface area contributed by atoms with Gasteiger partial charge in [0.1, 0.15) is 0 Å². The first-order chi connectivity index (χ1) is 15.9. The summed E-state index contributed by atoms with van der Waals surface area (Å²) in [7, 11) is -2.82. The zero-order valence-electron chi connectivity index (χ0n) is 18.0. The van der Waals surface area contributed by atoms with Gasteiger partial charge in [0.15, 0.2) is 0 Å². The fourth-order valence-electron chi connectivity index (χ4n) is 4.21. The highest BCUT2D eigenvalue weighted by Gasteiger charge is 2.57. The number of hydrogen-bond acceptors (Lipinski definition) is 6. The van der Waals surface area contributed by atoms with E-state index in [4.69, 9.17) is 0 Å². The molecule has 0 aliphatic carbocycles. The summed E-state index contributed by atoms with van der Waals surface area (Å²) >= 11 is 0. The van der Waals surface area contributed by atoms with Crippen LogP contribution in [0.2, 0.25) is 0 Å². The average molecular weight is 500 g/mol. The Hall–Kier alpha value is -2.64. The molecule has 8 nitrogen and oxygen atoms in total. The van der Waals surface area contributed by atoms with Gasteiger partial charge in [-0.1, -0.05) is 30.3 Å². The predicted molar refractivity (Wildman–Crippen MR) is 123 cm³/mol. The van der Waals surface area contributed by atoms with Gasteiger partial charge in [-0.25, -0.2) is 0 Å². The van der Waals surface area contributed by atoms with E-state index in [-0.39, 0.29) is 47.7 Å². The molecule has 1 atom stereocenters. The lowest BCUT2D eigenvalue weighted by molar-refractivity contribution is -0.384. The van der Waals surface area contributed by atoms with Gasteiger partial charge in [0.25, 0.3) is 5.69 Å². The molecule has 1 fully saturated rings. The molecule has 1 aromatic heterocycles. The highest BCUT2D eigenvalue weighted by molar-refractivity contribution is 8.24. The van der Waals surface area contributed by atoms with E-state index in [9.17, 15) is 37.5 Å². The minimum Gasteiger partial charge on any atom is -0.375 e. The Morgan fingerprint density at radius 1 is 1.06 bits per heavy atom. The number of benzene rings is 2. The van der Waals surface area contributed by atoms with Crippen molar-refractivity contribution in [3.05, 3.63) is 76.0 Å². The van der Waals surface area contributed by atoms with Crippen LogP contribution in [0.5, 0.6) is 0 Å².